The summed E-state index contributed by atoms with van der Waals surface area (Å²) in [5.74, 6) is -0.111. The molecule has 1 aliphatic carbocycles. The van der Waals surface area contributed by atoms with Gasteiger partial charge in [-0.05, 0) is 50.5 Å². The smallest absolute Gasteiger partial charge is 0.248 e. The first-order chi connectivity index (χ1) is 21.0. The molecule has 9 heteroatoms. The molecule has 3 aliphatic rings. The van der Waals surface area contributed by atoms with Crippen molar-refractivity contribution in [1.82, 2.24) is 15.1 Å². The number of carbonyl (C=O) groups excluding carboxylic acids is 2. The standard InChI is InChI=1S/C35H48N4O4.ClH/c1-3-5-22-39-33(41)31(32(40)29-14-10-7-11-15-29)36-34(42)35(39)20-23-38(24-21-35)25-26-16-18-28(19-17-26)30(37-43-4-2)27-12-8-6-9-13-27;/h6,8-9,12-13,16-19,29,31-32,40H,3-5,7,10-11,14-15,20-25H2,1-2H3,(H,36,42);1H/t31-,32-;/m1./s1. The summed E-state index contributed by atoms with van der Waals surface area (Å²) in [7, 11) is 0. The van der Waals surface area contributed by atoms with Gasteiger partial charge < -0.3 is 20.2 Å². The lowest BCUT2D eigenvalue weighted by atomic mass is 9.78. The largest absolute Gasteiger partial charge is 0.396 e. The van der Waals surface area contributed by atoms with Crippen LogP contribution in [0.3, 0.4) is 0 Å². The Hall–Kier alpha value is -2.94. The fourth-order valence-corrected chi connectivity index (χ4v) is 7.06. The first-order valence-corrected chi connectivity index (χ1v) is 16.3. The van der Waals surface area contributed by atoms with Crippen LogP contribution in [-0.4, -0.2) is 76.4 Å². The Labute approximate surface area is 268 Å². The molecule has 2 amide bonds. The summed E-state index contributed by atoms with van der Waals surface area (Å²) >= 11 is 0. The average molecular weight is 625 g/mol. The van der Waals surface area contributed by atoms with Crippen molar-refractivity contribution in [3.05, 3.63) is 71.3 Å². The molecule has 0 radical (unpaired) electrons. The number of hydrogen-bond donors (Lipinski definition) is 2. The number of rotatable bonds is 11. The fraction of sp³-hybridized carbons (Fsp3) is 0.571. The van der Waals surface area contributed by atoms with Crippen molar-refractivity contribution in [1.29, 1.82) is 0 Å². The number of nitrogens with zero attached hydrogens (tertiary/aromatic N) is 3. The molecule has 8 nitrogen and oxygen atoms in total. The molecule has 2 aromatic carbocycles. The van der Waals surface area contributed by atoms with E-state index in [9.17, 15) is 14.7 Å². The van der Waals surface area contributed by atoms with E-state index in [1.807, 2.05) is 42.2 Å². The Kier molecular flexibility index (Phi) is 12.2. The van der Waals surface area contributed by atoms with Crippen LogP contribution in [0.15, 0.2) is 59.8 Å². The highest BCUT2D eigenvalue weighted by Gasteiger charge is 2.55. The summed E-state index contributed by atoms with van der Waals surface area (Å²) in [6.07, 6.45) is 7.34. The first-order valence-electron chi connectivity index (χ1n) is 16.3. The van der Waals surface area contributed by atoms with E-state index in [1.54, 1.807) is 0 Å². The van der Waals surface area contributed by atoms with Crippen molar-refractivity contribution in [3.63, 3.8) is 0 Å². The number of piperazine rings is 1. The molecule has 2 atom stereocenters. The maximum atomic E-state index is 13.9. The number of aliphatic hydroxyl groups is 1. The Morgan fingerprint density at radius 2 is 1.66 bits per heavy atom. The molecule has 1 spiro atoms. The van der Waals surface area contributed by atoms with Gasteiger partial charge in [-0.2, -0.15) is 0 Å². The highest BCUT2D eigenvalue weighted by atomic mass is 35.5. The van der Waals surface area contributed by atoms with Crippen LogP contribution in [-0.2, 0) is 21.0 Å². The molecule has 44 heavy (non-hydrogen) atoms. The summed E-state index contributed by atoms with van der Waals surface area (Å²) in [4.78, 5) is 37.3. The van der Waals surface area contributed by atoms with E-state index in [1.165, 1.54) is 12.0 Å². The Morgan fingerprint density at radius 1 is 1.00 bits per heavy atom. The minimum absolute atomic E-state index is 0. The third-order valence-electron chi connectivity index (χ3n) is 9.62. The zero-order valence-electron chi connectivity index (χ0n) is 26.2. The summed E-state index contributed by atoms with van der Waals surface area (Å²) in [6, 6.07) is 17.6. The minimum atomic E-state index is -0.838. The van der Waals surface area contributed by atoms with Crippen molar-refractivity contribution >= 4 is 29.9 Å². The monoisotopic (exact) mass is 624 g/mol. The maximum absolute atomic E-state index is 13.9. The van der Waals surface area contributed by atoms with Crippen LogP contribution < -0.4 is 5.32 Å². The number of amides is 2. The predicted molar refractivity (Wildman–Crippen MR) is 176 cm³/mol. The molecule has 2 aromatic rings. The number of nitrogens with one attached hydrogen (secondary N) is 1. The van der Waals surface area contributed by atoms with Crippen molar-refractivity contribution in [2.24, 2.45) is 11.1 Å². The van der Waals surface area contributed by atoms with Gasteiger partial charge in [-0.1, -0.05) is 92.4 Å². The summed E-state index contributed by atoms with van der Waals surface area (Å²) in [5, 5.41) is 18.6. The van der Waals surface area contributed by atoms with E-state index in [-0.39, 0.29) is 30.1 Å². The zero-order chi connectivity index (χ0) is 30.2. The van der Waals surface area contributed by atoms with E-state index in [0.29, 0.717) is 26.0 Å². The molecule has 0 bridgehead atoms. The third-order valence-corrected chi connectivity index (χ3v) is 9.62. The lowest BCUT2D eigenvalue weighted by molar-refractivity contribution is -0.166. The quantitative estimate of drug-likeness (QED) is 0.261. The number of halogens is 1. The van der Waals surface area contributed by atoms with Gasteiger partial charge in [0.2, 0.25) is 11.8 Å². The topological polar surface area (TPSA) is 94.5 Å². The van der Waals surface area contributed by atoms with Gasteiger partial charge >= 0.3 is 0 Å². The van der Waals surface area contributed by atoms with Crippen molar-refractivity contribution in [2.75, 3.05) is 26.2 Å². The van der Waals surface area contributed by atoms with Crippen LogP contribution in [0.2, 0.25) is 0 Å². The number of unbranched alkanes of at least 4 members (excludes halogenated alkanes) is 1. The molecule has 2 N–H and O–H groups in total. The second-order valence-electron chi connectivity index (χ2n) is 12.4. The summed E-state index contributed by atoms with van der Waals surface area (Å²) < 4.78 is 0. The number of hydrogen-bond acceptors (Lipinski definition) is 6. The molecule has 240 valence electrons. The Bertz CT molecular complexity index is 1240. The van der Waals surface area contributed by atoms with Crippen LogP contribution in [0.5, 0.6) is 0 Å². The molecule has 0 aromatic heterocycles. The van der Waals surface area contributed by atoms with Crippen LogP contribution in [0.25, 0.3) is 0 Å². The van der Waals surface area contributed by atoms with E-state index in [0.717, 1.165) is 75.0 Å². The van der Waals surface area contributed by atoms with Gasteiger partial charge in [0.25, 0.3) is 0 Å². The number of carbonyl (C=O) groups is 2. The molecule has 0 unspecified atom stereocenters. The third kappa shape index (κ3) is 7.47. The van der Waals surface area contributed by atoms with E-state index in [4.69, 9.17) is 4.84 Å². The highest BCUT2D eigenvalue weighted by molar-refractivity contribution is 6.12. The predicted octanol–water partition coefficient (Wildman–Crippen LogP) is 5.30. The molecule has 1 saturated carbocycles. The van der Waals surface area contributed by atoms with Crippen LogP contribution in [0.4, 0.5) is 0 Å². The van der Waals surface area contributed by atoms with Crippen LogP contribution in [0, 0.1) is 5.92 Å². The number of benzene rings is 2. The normalized spacial score (nSPS) is 21.9. The number of aliphatic hydroxyl groups excluding tert-OH is 1. The average Bonchev–Trinajstić information content (AvgIpc) is 3.05. The van der Waals surface area contributed by atoms with Gasteiger partial charge in [-0.25, -0.2) is 0 Å². The van der Waals surface area contributed by atoms with Crippen LogP contribution >= 0.6 is 12.4 Å². The molecule has 3 fully saturated rings. The molecular formula is C35H49ClN4O4. The fourth-order valence-electron chi connectivity index (χ4n) is 7.06. The Balaban J connectivity index is 0.00000442. The van der Waals surface area contributed by atoms with Crippen molar-refractivity contribution in [3.8, 4) is 0 Å². The second-order valence-corrected chi connectivity index (χ2v) is 12.4. The van der Waals surface area contributed by atoms with Gasteiger partial charge in [0.15, 0.2) is 0 Å². The molecule has 2 aliphatic heterocycles. The van der Waals surface area contributed by atoms with Crippen LogP contribution in [0.1, 0.15) is 88.3 Å². The molecular weight excluding hydrogens is 576 g/mol. The SMILES string of the molecule is CCCCN1C(=O)[C@@H]([C@H](O)C2CCCCC2)NC(=O)C12CCN(Cc1ccc(C(=NOCC)c3ccccc3)cc1)CC2.Cl. The van der Waals surface area contributed by atoms with Gasteiger partial charge in [0.05, 0.1) is 6.10 Å². The molecule has 2 heterocycles. The minimum Gasteiger partial charge on any atom is -0.396 e. The highest BCUT2D eigenvalue weighted by Crippen LogP contribution is 2.36. The summed E-state index contributed by atoms with van der Waals surface area (Å²) in [6.45, 7) is 7.32. The van der Waals surface area contributed by atoms with Gasteiger partial charge in [0.1, 0.15) is 23.9 Å². The number of oxime groups is 1. The van der Waals surface area contributed by atoms with E-state index >= 15 is 0 Å². The molecule has 5 rings (SSSR count). The zero-order valence-corrected chi connectivity index (χ0v) is 27.1. The van der Waals surface area contributed by atoms with E-state index in [2.05, 4.69) is 46.6 Å². The van der Waals surface area contributed by atoms with Gasteiger partial charge in [-0.15, -0.1) is 12.4 Å². The number of piperidine rings is 1. The van der Waals surface area contributed by atoms with Crippen molar-refractivity contribution < 1.29 is 19.5 Å². The Morgan fingerprint density at radius 3 is 2.30 bits per heavy atom. The number of likely N-dealkylation sites (tertiary alicyclic amines) is 1. The van der Waals surface area contributed by atoms with Crippen molar-refractivity contribution in [2.45, 2.75) is 95.9 Å². The lowest BCUT2D eigenvalue weighted by Crippen LogP contribution is -2.75. The maximum Gasteiger partial charge on any atom is 0.248 e. The van der Waals surface area contributed by atoms with Gasteiger partial charge in [-0.3, -0.25) is 14.5 Å². The molecule has 2 saturated heterocycles. The summed E-state index contributed by atoms with van der Waals surface area (Å²) in [5.41, 5.74) is 3.16. The van der Waals surface area contributed by atoms with E-state index < -0.39 is 17.7 Å². The van der Waals surface area contributed by atoms with Gasteiger partial charge in [0, 0.05) is 37.3 Å². The second kappa shape index (κ2) is 15.9. The lowest BCUT2D eigenvalue weighted by Gasteiger charge is -2.52. The first kappa shape index (κ1) is 33.9.